The summed E-state index contributed by atoms with van der Waals surface area (Å²) in [6.45, 7) is 3.61. The number of nitrogens with zero attached hydrogens (tertiary/aromatic N) is 1. The van der Waals surface area contributed by atoms with Crippen molar-refractivity contribution in [2.75, 3.05) is 13.1 Å². The molecular weight excluding hydrogens is 340 g/mol. The van der Waals surface area contributed by atoms with E-state index in [1.54, 1.807) is 18.4 Å². The van der Waals surface area contributed by atoms with Gasteiger partial charge in [-0.15, -0.1) is 11.3 Å². The van der Waals surface area contributed by atoms with E-state index in [4.69, 9.17) is 0 Å². The van der Waals surface area contributed by atoms with Crippen molar-refractivity contribution >= 4 is 33.2 Å². The maximum absolute atomic E-state index is 12.5. The molecule has 1 amide bonds. The first-order valence-electron chi connectivity index (χ1n) is 7.24. The van der Waals surface area contributed by atoms with Crippen molar-refractivity contribution in [3.05, 3.63) is 17.5 Å². The summed E-state index contributed by atoms with van der Waals surface area (Å²) in [5.74, 6) is -1.35. The number of carbonyl (C=O) groups is 2. The zero-order valence-corrected chi connectivity index (χ0v) is 14.6. The van der Waals surface area contributed by atoms with Gasteiger partial charge in [0.25, 0.3) is 10.0 Å². The van der Waals surface area contributed by atoms with E-state index in [0.717, 1.165) is 11.3 Å². The van der Waals surface area contributed by atoms with Gasteiger partial charge in [-0.05, 0) is 38.1 Å². The summed E-state index contributed by atoms with van der Waals surface area (Å²) in [6, 6.07) is 2.14. The minimum Gasteiger partial charge on any atom is -0.481 e. The second kappa shape index (κ2) is 6.58. The summed E-state index contributed by atoms with van der Waals surface area (Å²) in [5.41, 5.74) is -0.986. The molecule has 1 saturated heterocycles. The Balaban J connectivity index is 2.07. The van der Waals surface area contributed by atoms with Crippen molar-refractivity contribution in [1.29, 1.82) is 0 Å². The highest BCUT2D eigenvalue weighted by molar-refractivity contribution is 7.91. The van der Waals surface area contributed by atoms with Gasteiger partial charge in [-0.3, -0.25) is 9.59 Å². The van der Waals surface area contributed by atoms with Crippen molar-refractivity contribution in [2.45, 2.75) is 36.9 Å². The van der Waals surface area contributed by atoms with Crippen LogP contribution < -0.4 is 4.72 Å². The van der Waals surface area contributed by atoms with Gasteiger partial charge in [-0.2, -0.15) is 4.72 Å². The Kier molecular flexibility index (Phi) is 5.12. The van der Waals surface area contributed by atoms with E-state index in [1.807, 2.05) is 0 Å². The SMILES string of the molecule is CC(NS(=O)(=O)c1cccs1)C(=O)N1CCCC(C)(C(=O)O)C1. The number of nitrogens with one attached hydrogen (secondary N) is 1. The van der Waals surface area contributed by atoms with Crippen molar-refractivity contribution in [2.24, 2.45) is 5.41 Å². The summed E-state index contributed by atoms with van der Waals surface area (Å²) in [6.07, 6.45) is 1.08. The fourth-order valence-electron chi connectivity index (χ4n) is 2.63. The quantitative estimate of drug-likeness (QED) is 0.819. The lowest BCUT2D eigenvalue weighted by Gasteiger charge is -2.38. The zero-order chi connectivity index (χ0) is 17.3. The fourth-order valence-corrected chi connectivity index (χ4v) is 4.84. The molecule has 0 aliphatic carbocycles. The summed E-state index contributed by atoms with van der Waals surface area (Å²) >= 11 is 1.07. The van der Waals surface area contributed by atoms with E-state index in [-0.39, 0.29) is 10.8 Å². The topological polar surface area (TPSA) is 104 Å². The summed E-state index contributed by atoms with van der Waals surface area (Å²) in [5, 5.41) is 10.9. The van der Waals surface area contributed by atoms with Crippen LogP contribution >= 0.6 is 11.3 Å². The monoisotopic (exact) mass is 360 g/mol. The Hall–Kier alpha value is -1.45. The van der Waals surface area contributed by atoms with Gasteiger partial charge in [0.1, 0.15) is 4.21 Å². The van der Waals surface area contributed by atoms with Gasteiger partial charge >= 0.3 is 5.97 Å². The second-order valence-corrected chi connectivity index (χ2v) is 8.89. The van der Waals surface area contributed by atoms with Crippen LogP contribution in [0, 0.1) is 5.41 Å². The maximum Gasteiger partial charge on any atom is 0.311 e. The van der Waals surface area contributed by atoms with Gasteiger partial charge in [0.05, 0.1) is 11.5 Å². The van der Waals surface area contributed by atoms with Gasteiger partial charge in [0.2, 0.25) is 5.91 Å². The third kappa shape index (κ3) is 3.91. The molecule has 7 nitrogen and oxygen atoms in total. The van der Waals surface area contributed by atoms with Crippen LogP contribution in [0.25, 0.3) is 0 Å². The van der Waals surface area contributed by atoms with Crippen LogP contribution in [0.4, 0.5) is 0 Å². The first-order valence-corrected chi connectivity index (χ1v) is 9.60. The number of thiophene rings is 1. The van der Waals surface area contributed by atoms with Gasteiger partial charge in [0.15, 0.2) is 0 Å². The number of hydrogen-bond acceptors (Lipinski definition) is 5. The van der Waals surface area contributed by atoms with Crippen molar-refractivity contribution < 1.29 is 23.1 Å². The lowest BCUT2D eigenvalue weighted by Crippen LogP contribution is -2.53. The normalized spacial score (nSPS) is 23.5. The largest absolute Gasteiger partial charge is 0.481 e. The molecule has 23 heavy (non-hydrogen) atoms. The second-order valence-electron chi connectivity index (χ2n) is 6.00. The number of hydrogen-bond donors (Lipinski definition) is 2. The Labute approximate surface area is 139 Å². The van der Waals surface area contributed by atoms with Crippen molar-refractivity contribution in [3.8, 4) is 0 Å². The van der Waals surface area contributed by atoms with E-state index in [0.29, 0.717) is 19.4 Å². The molecule has 1 aromatic heterocycles. The van der Waals surface area contributed by atoms with Gasteiger partial charge < -0.3 is 10.0 Å². The van der Waals surface area contributed by atoms with Crippen LogP contribution in [0.3, 0.4) is 0 Å². The number of aliphatic carboxylic acids is 1. The number of sulfonamides is 1. The van der Waals surface area contributed by atoms with Gasteiger partial charge in [-0.25, -0.2) is 8.42 Å². The molecular formula is C14H20N2O5S2. The minimum absolute atomic E-state index is 0.0895. The Morgan fingerprint density at radius 3 is 2.74 bits per heavy atom. The highest BCUT2D eigenvalue weighted by Gasteiger charge is 2.40. The molecule has 1 aliphatic rings. The average Bonchev–Trinajstić information content (AvgIpc) is 3.01. The molecule has 1 aromatic rings. The molecule has 0 bridgehead atoms. The van der Waals surface area contributed by atoms with Crippen LogP contribution in [0.15, 0.2) is 21.7 Å². The third-order valence-electron chi connectivity index (χ3n) is 3.99. The lowest BCUT2D eigenvalue weighted by molar-refractivity contribution is -0.153. The van der Waals surface area contributed by atoms with Crippen LogP contribution in [-0.2, 0) is 19.6 Å². The van der Waals surface area contributed by atoms with Crippen LogP contribution in [0.1, 0.15) is 26.7 Å². The number of carbonyl (C=O) groups excluding carboxylic acids is 1. The number of amides is 1. The molecule has 9 heteroatoms. The van der Waals surface area contributed by atoms with Crippen LogP contribution in [0.5, 0.6) is 0 Å². The molecule has 2 unspecified atom stereocenters. The predicted molar refractivity (Wildman–Crippen MR) is 85.7 cm³/mol. The highest BCUT2D eigenvalue weighted by Crippen LogP contribution is 2.30. The van der Waals surface area contributed by atoms with Crippen molar-refractivity contribution in [1.82, 2.24) is 9.62 Å². The first-order chi connectivity index (χ1) is 10.7. The predicted octanol–water partition coefficient (Wildman–Crippen LogP) is 1.13. The average molecular weight is 360 g/mol. The van der Waals surface area contributed by atoms with Gasteiger partial charge in [0, 0.05) is 13.1 Å². The van der Waals surface area contributed by atoms with Crippen LogP contribution in [0.2, 0.25) is 0 Å². The molecule has 2 heterocycles. The number of likely N-dealkylation sites (tertiary alicyclic amines) is 1. The molecule has 0 saturated carbocycles. The maximum atomic E-state index is 12.5. The number of piperidine rings is 1. The molecule has 2 atom stereocenters. The minimum atomic E-state index is -3.74. The summed E-state index contributed by atoms with van der Waals surface area (Å²) in [7, 11) is -3.74. The fraction of sp³-hybridized carbons (Fsp3) is 0.571. The number of carboxylic acid groups (broad SMARTS) is 1. The third-order valence-corrected chi connectivity index (χ3v) is 6.92. The smallest absolute Gasteiger partial charge is 0.311 e. The standard InChI is InChI=1S/C14H20N2O5S2/c1-10(15-23(20,21)11-5-3-8-22-11)12(17)16-7-4-6-14(2,9-16)13(18)19/h3,5,8,10,15H,4,6-7,9H2,1-2H3,(H,18,19). The summed E-state index contributed by atoms with van der Waals surface area (Å²) in [4.78, 5) is 25.2. The Morgan fingerprint density at radius 2 is 2.17 bits per heavy atom. The summed E-state index contributed by atoms with van der Waals surface area (Å²) < 4.78 is 26.8. The lowest BCUT2D eigenvalue weighted by atomic mass is 9.82. The van der Waals surface area contributed by atoms with Crippen LogP contribution in [-0.4, -0.2) is 49.4 Å². The first kappa shape index (κ1) is 17.9. The van der Waals surface area contributed by atoms with E-state index in [9.17, 15) is 23.1 Å². The molecule has 128 valence electrons. The molecule has 0 spiro atoms. The number of rotatable bonds is 5. The Morgan fingerprint density at radius 1 is 1.48 bits per heavy atom. The highest BCUT2D eigenvalue weighted by atomic mass is 32.2. The van der Waals surface area contributed by atoms with Crippen molar-refractivity contribution in [3.63, 3.8) is 0 Å². The van der Waals surface area contributed by atoms with E-state index in [2.05, 4.69) is 4.72 Å². The van der Waals surface area contributed by atoms with E-state index in [1.165, 1.54) is 17.9 Å². The zero-order valence-electron chi connectivity index (χ0n) is 13.0. The molecule has 1 fully saturated rings. The Bertz CT molecular complexity index is 686. The van der Waals surface area contributed by atoms with E-state index >= 15 is 0 Å². The molecule has 1 aliphatic heterocycles. The molecule has 2 rings (SSSR count). The molecule has 0 aromatic carbocycles. The molecule has 2 N–H and O–H groups in total. The number of carboxylic acids is 1. The van der Waals surface area contributed by atoms with E-state index < -0.39 is 33.4 Å². The van der Waals surface area contributed by atoms with Gasteiger partial charge in [-0.1, -0.05) is 6.07 Å². The molecule has 0 radical (unpaired) electrons.